The highest BCUT2D eigenvalue weighted by atomic mass is 16.3. The fourth-order valence-corrected chi connectivity index (χ4v) is 3.06. The normalized spacial score (nSPS) is 11.0. The van der Waals surface area contributed by atoms with Crippen molar-refractivity contribution in [3.63, 3.8) is 0 Å². The second kappa shape index (κ2) is 6.97. The number of fused-ring (bicyclic) bond motifs is 1. The van der Waals surface area contributed by atoms with Gasteiger partial charge in [0.15, 0.2) is 5.65 Å². The van der Waals surface area contributed by atoms with Crippen LogP contribution < -0.4 is 11.2 Å². The van der Waals surface area contributed by atoms with Gasteiger partial charge in [-0.25, -0.2) is 14.3 Å². The molecule has 0 saturated carbocycles. The second-order valence-electron chi connectivity index (χ2n) is 5.99. The maximum atomic E-state index is 13.3. The van der Waals surface area contributed by atoms with Crippen molar-refractivity contribution in [1.82, 2.24) is 19.1 Å². The van der Waals surface area contributed by atoms with E-state index in [4.69, 9.17) is 0 Å². The molecule has 0 radical (unpaired) electrons. The van der Waals surface area contributed by atoms with E-state index in [2.05, 4.69) is 9.97 Å². The highest BCUT2D eigenvalue weighted by Crippen LogP contribution is 2.16. The van der Waals surface area contributed by atoms with Gasteiger partial charge in [-0.1, -0.05) is 24.3 Å². The van der Waals surface area contributed by atoms with Crippen molar-refractivity contribution in [2.24, 2.45) is 0 Å². The summed E-state index contributed by atoms with van der Waals surface area (Å²) in [5.74, 6) is 0. The maximum absolute atomic E-state index is 13.3. The predicted molar refractivity (Wildman–Crippen MR) is 101 cm³/mol. The zero-order valence-electron chi connectivity index (χ0n) is 14.3. The smallest absolute Gasteiger partial charge is 0.337 e. The fourth-order valence-electron chi connectivity index (χ4n) is 3.06. The third kappa shape index (κ3) is 2.94. The maximum Gasteiger partial charge on any atom is 0.337 e. The standard InChI is InChI=1S/C20H16N4O3/c25-13-14-6-1-2-9-17(14)24-18-16(8-5-11-22-18)19(26)23(20(24)27)12-15-7-3-4-10-21-15/h1-11,25H,12-13H2. The van der Waals surface area contributed by atoms with Gasteiger partial charge in [0, 0.05) is 18.0 Å². The van der Waals surface area contributed by atoms with E-state index in [1.807, 2.05) is 0 Å². The molecule has 0 amide bonds. The van der Waals surface area contributed by atoms with Crippen molar-refractivity contribution in [2.75, 3.05) is 0 Å². The summed E-state index contributed by atoms with van der Waals surface area (Å²) in [6.07, 6.45) is 3.14. The van der Waals surface area contributed by atoms with E-state index in [9.17, 15) is 14.7 Å². The zero-order valence-corrected chi connectivity index (χ0v) is 14.3. The Bertz CT molecular complexity index is 1230. The largest absolute Gasteiger partial charge is 0.392 e. The quantitative estimate of drug-likeness (QED) is 0.595. The Balaban J connectivity index is 2.07. The second-order valence-corrected chi connectivity index (χ2v) is 5.99. The molecular formula is C20H16N4O3. The van der Waals surface area contributed by atoms with Gasteiger partial charge in [-0.05, 0) is 30.3 Å². The van der Waals surface area contributed by atoms with Crippen LogP contribution in [0, 0.1) is 0 Å². The van der Waals surface area contributed by atoms with Crippen molar-refractivity contribution < 1.29 is 5.11 Å². The van der Waals surface area contributed by atoms with E-state index in [0.717, 1.165) is 4.57 Å². The van der Waals surface area contributed by atoms with Crippen LogP contribution in [-0.4, -0.2) is 24.2 Å². The fraction of sp³-hybridized carbons (Fsp3) is 0.100. The Labute approximate surface area is 153 Å². The lowest BCUT2D eigenvalue weighted by molar-refractivity contribution is 0.281. The summed E-state index contributed by atoms with van der Waals surface area (Å²) in [5, 5.41) is 10.0. The van der Waals surface area contributed by atoms with Crippen LogP contribution in [0.3, 0.4) is 0 Å². The van der Waals surface area contributed by atoms with E-state index in [-0.39, 0.29) is 18.8 Å². The molecule has 3 heterocycles. The van der Waals surface area contributed by atoms with E-state index in [1.165, 1.54) is 10.8 Å². The first-order chi connectivity index (χ1) is 13.2. The molecule has 0 aliphatic heterocycles. The van der Waals surface area contributed by atoms with Crippen molar-refractivity contribution in [1.29, 1.82) is 0 Å². The topological polar surface area (TPSA) is 90.0 Å². The van der Waals surface area contributed by atoms with Gasteiger partial charge in [0.05, 0.1) is 29.9 Å². The summed E-state index contributed by atoms with van der Waals surface area (Å²) in [5.41, 5.74) is 0.954. The summed E-state index contributed by atoms with van der Waals surface area (Å²) in [6.45, 7) is -0.194. The Morgan fingerprint density at radius 1 is 0.889 bits per heavy atom. The van der Waals surface area contributed by atoms with Crippen LogP contribution in [0.25, 0.3) is 16.7 Å². The van der Waals surface area contributed by atoms with E-state index in [0.29, 0.717) is 22.3 Å². The first-order valence-electron chi connectivity index (χ1n) is 8.40. The van der Waals surface area contributed by atoms with Crippen LogP contribution in [0.5, 0.6) is 0 Å². The average Bonchev–Trinajstić information content (AvgIpc) is 2.72. The van der Waals surface area contributed by atoms with Crippen LogP contribution in [0.4, 0.5) is 0 Å². The number of para-hydroxylation sites is 1. The monoisotopic (exact) mass is 360 g/mol. The third-order valence-corrected chi connectivity index (χ3v) is 4.35. The lowest BCUT2D eigenvalue weighted by Gasteiger charge is -2.15. The molecule has 1 N–H and O–H groups in total. The van der Waals surface area contributed by atoms with Gasteiger partial charge in [0.1, 0.15) is 0 Å². The number of aliphatic hydroxyl groups is 1. The average molecular weight is 360 g/mol. The molecule has 134 valence electrons. The molecule has 0 saturated heterocycles. The van der Waals surface area contributed by atoms with Gasteiger partial charge in [-0.15, -0.1) is 0 Å². The van der Waals surface area contributed by atoms with E-state index in [1.54, 1.807) is 60.8 Å². The van der Waals surface area contributed by atoms with Gasteiger partial charge in [-0.2, -0.15) is 0 Å². The van der Waals surface area contributed by atoms with Gasteiger partial charge in [-0.3, -0.25) is 14.3 Å². The molecular weight excluding hydrogens is 344 g/mol. The molecule has 4 rings (SSSR count). The predicted octanol–water partition coefficient (Wildman–Crippen LogP) is 1.48. The van der Waals surface area contributed by atoms with Crippen LogP contribution in [0.1, 0.15) is 11.3 Å². The van der Waals surface area contributed by atoms with E-state index < -0.39 is 11.2 Å². The number of pyridine rings is 2. The minimum absolute atomic E-state index is 0.0463. The molecule has 0 spiro atoms. The SMILES string of the molecule is O=c1c2cccnc2n(-c2ccccc2CO)c(=O)n1Cc1ccccn1. The lowest BCUT2D eigenvalue weighted by Crippen LogP contribution is -2.40. The van der Waals surface area contributed by atoms with Crippen LogP contribution in [0.2, 0.25) is 0 Å². The van der Waals surface area contributed by atoms with Gasteiger partial charge < -0.3 is 5.11 Å². The van der Waals surface area contributed by atoms with Crippen molar-refractivity contribution >= 4 is 11.0 Å². The van der Waals surface area contributed by atoms with Crippen molar-refractivity contribution in [3.05, 3.63) is 99.1 Å². The minimum atomic E-state index is -0.530. The van der Waals surface area contributed by atoms with Gasteiger partial charge >= 0.3 is 5.69 Å². The summed E-state index contributed by atoms with van der Waals surface area (Å²) in [7, 11) is 0. The molecule has 4 aromatic rings. The number of benzene rings is 1. The molecule has 27 heavy (non-hydrogen) atoms. The summed E-state index contributed by atoms with van der Waals surface area (Å²) < 4.78 is 2.51. The number of nitrogens with zero attached hydrogens (tertiary/aromatic N) is 4. The van der Waals surface area contributed by atoms with Crippen molar-refractivity contribution in [3.8, 4) is 5.69 Å². The summed E-state index contributed by atoms with van der Waals surface area (Å²) in [4.78, 5) is 34.6. The highest BCUT2D eigenvalue weighted by Gasteiger charge is 2.17. The lowest BCUT2D eigenvalue weighted by atomic mass is 10.2. The van der Waals surface area contributed by atoms with Crippen LogP contribution >= 0.6 is 0 Å². The molecule has 3 aromatic heterocycles. The Morgan fingerprint density at radius 3 is 2.44 bits per heavy atom. The number of hydrogen-bond acceptors (Lipinski definition) is 5. The number of hydrogen-bond donors (Lipinski definition) is 1. The number of rotatable bonds is 4. The molecule has 7 nitrogen and oxygen atoms in total. The van der Waals surface area contributed by atoms with Gasteiger partial charge in [0.25, 0.3) is 5.56 Å². The van der Waals surface area contributed by atoms with Crippen LogP contribution in [0.15, 0.2) is 76.6 Å². The molecule has 0 fully saturated rings. The molecule has 1 aromatic carbocycles. The highest BCUT2D eigenvalue weighted by molar-refractivity contribution is 5.75. The Morgan fingerprint density at radius 2 is 1.67 bits per heavy atom. The number of aromatic nitrogens is 4. The van der Waals surface area contributed by atoms with Gasteiger partial charge in [0.2, 0.25) is 0 Å². The molecule has 0 aliphatic carbocycles. The number of aliphatic hydroxyl groups excluding tert-OH is 1. The van der Waals surface area contributed by atoms with Crippen molar-refractivity contribution in [2.45, 2.75) is 13.2 Å². The van der Waals surface area contributed by atoms with Crippen LogP contribution in [-0.2, 0) is 13.2 Å². The molecule has 0 unspecified atom stereocenters. The molecule has 7 heteroatoms. The first-order valence-corrected chi connectivity index (χ1v) is 8.40. The zero-order chi connectivity index (χ0) is 18.8. The Kier molecular flexibility index (Phi) is 4.35. The third-order valence-electron chi connectivity index (χ3n) is 4.35. The Hall–Kier alpha value is -3.58. The summed E-state index contributed by atoms with van der Waals surface area (Å²) in [6, 6.07) is 15.6. The molecule has 0 aliphatic rings. The molecule has 0 bridgehead atoms. The first kappa shape index (κ1) is 16.9. The summed E-state index contributed by atoms with van der Waals surface area (Å²) >= 11 is 0. The minimum Gasteiger partial charge on any atom is -0.392 e. The molecule has 0 atom stereocenters. The van der Waals surface area contributed by atoms with E-state index >= 15 is 0 Å².